The molecule has 114 valence electrons. The van der Waals surface area contributed by atoms with Crippen molar-refractivity contribution in [1.29, 1.82) is 0 Å². The van der Waals surface area contributed by atoms with Crippen LogP contribution < -0.4 is 11.1 Å². The molecular formula is C16H23N3O2. The summed E-state index contributed by atoms with van der Waals surface area (Å²) in [5, 5.41) is 3.54. The van der Waals surface area contributed by atoms with Crippen LogP contribution in [0.5, 0.6) is 0 Å². The van der Waals surface area contributed by atoms with Gasteiger partial charge in [0.15, 0.2) is 0 Å². The lowest BCUT2D eigenvalue weighted by atomic mass is 9.97. The average molecular weight is 289 g/mol. The molecule has 2 fully saturated rings. The Morgan fingerprint density at radius 3 is 2.62 bits per heavy atom. The van der Waals surface area contributed by atoms with Gasteiger partial charge in [0.1, 0.15) is 0 Å². The topological polar surface area (TPSA) is 67.6 Å². The summed E-state index contributed by atoms with van der Waals surface area (Å²) in [6, 6.07) is 8.81. The maximum absolute atomic E-state index is 12.0. The number of nitrogens with two attached hydrogens (primary N) is 1. The number of nitrogen functional groups attached to an aromatic ring is 1. The molecule has 0 aromatic heterocycles. The molecule has 3 atom stereocenters. The van der Waals surface area contributed by atoms with E-state index in [1.165, 1.54) is 0 Å². The maximum Gasteiger partial charge on any atom is 0.410 e. The molecule has 0 spiro atoms. The first kappa shape index (κ1) is 14.0. The zero-order valence-electron chi connectivity index (χ0n) is 12.4. The molecule has 0 saturated carbocycles. The highest BCUT2D eigenvalue weighted by atomic mass is 16.6. The minimum atomic E-state index is -0.150. The van der Waals surface area contributed by atoms with Crippen molar-refractivity contribution < 1.29 is 9.53 Å². The summed E-state index contributed by atoms with van der Waals surface area (Å²) >= 11 is 0. The van der Waals surface area contributed by atoms with E-state index < -0.39 is 0 Å². The van der Waals surface area contributed by atoms with Gasteiger partial charge in [-0.05, 0) is 44.7 Å². The van der Waals surface area contributed by atoms with Gasteiger partial charge in [-0.2, -0.15) is 0 Å². The van der Waals surface area contributed by atoms with Crippen molar-refractivity contribution in [3.05, 3.63) is 24.3 Å². The summed E-state index contributed by atoms with van der Waals surface area (Å²) in [6.07, 6.45) is 3.92. The fourth-order valence-electron chi connectivity index (χ4n) is 3.64. The van der Waals surface area contributed by atoms with E-state index in [1.807, 2.05) is 36.1 Å². The van der Waals surface area contributed by atoms with E-state index in [9.17, 15) is 4.79 Å². The van der Waals surface area contributed by atoms with Crippen LogP contribution >= 0.6 is 0 Å². The van der Waals surface area contributed by atoms with Gasteiger partial charge in [0.25, 0.3) is 0 Å². The van der Waals surface area contributed by atoms with Crippen LogP contribution in [0.1, 0.15) is 32.6 Å². The summed E-state index contributed by atoms with van der Waals surface area (Å²) in [4.78, 5) is 14.0. The predicted octanol–water partition coefficient (Wildman–Crippen LogP) is 2.83. The molecule has 3 N–H and O–H groups in total. The van der Waals surface area contributed by atoms with Crippen molar-refractivity contribution in [2.45, 2.75) is 50.7 Å². The van der Waals surface area contributed by atoms with E-state index in [2.05, 4.69) is 5.32 Å². The largest absolute Gasteiger partial charge is 0.450 e. The third-order valence-corrected chi connectivity index (χ3v) is 4.53. The van der Waals surface area contributed by atoms with Crippen molar-refractivity contribution in [2.24, 2.45) is 0 Å². The summed E-state index contributed by atoms with van der Waals surface area (Å²) in [7, 11) is 0. The van der Waals surface area contributed by atoms with E-state index in [0.717, 1.165) is 37.1 Å². The van der Waals surface area contributed by atoms with Gasteiger partial charge in [-0.25, -0.2) is 4.79 Å². The zero-order chi connectivity index (χ0) is 14.8. The molecule has 1 amide bonds. The van der Waals surface area contributed by atoms with Crippen molar-refractivity contribution in [3.63, 3.8) is 0 Å². The van der Waals surface area contributed by atoms with E-state index in [0.29, 0.717) is 24.7 Å². The lowest BCUT2D eigenvalue weighted by Gasteiger charge is -2.38. The first-order valence-electron chi connectivity index (χ1n) is 7.75. The number of carbonyl (C=O) groups excluding carboxylic acids is 1. The predicted molar refractivity (Wildman–Crippen MR) is 83.2 cm³/mol. The third kappa shape index (κ3) is 2.77. The second-order valence-corrected chi connectivity index (χ2v) is 5.89. The number of para-hydroxylation sites is 2. The minimum Gasteiger partial charge on any atom is -0.450 e. The molecule has 2 saturated heterocycles. The Kier molecular flexibility index (Phi) is 3.90. The van der Waals surface area contributed by atoms with Crippen LogP contribution in [0.15, 0.2) is 24.3 Å². The van der Waals surface area contributed by atoms with E-state index in [4.69, 9.17) is 10.5 Å². The van der Waals surface area contributed by atoms with Crippen molar-refractivity contribution in [1.82, 2.24) is 4.90 Å². The van der Waals surface area contributed by atoms with Crippen LogP contribution in [0.3, 0.4) is 0 Å². The van der Waals surface area contributed by atoms with Crippen LogP contribution in [-0.4, -0.2) is 35.7 Å². The standard InChI is InChI=1S/C16H23N3O2/c1-2-21-16(20)19-12-7-8-13(19)10-11(9-12)18-15-6-4-3-5-14(15)17/h3-6,11-13,18H,2,7-10,17H2,1H3/t11-,12-,13+. The van der Waals surface area contributed by atoms with Gasteiger partial charge < -0.3 is 20.7 Å². The van der Waals surface area contributed by atoms with E-state index in [-0.39, 0.29) is 6.09 Å². The molecule has 2 bridgehead atoms. The minimum absolute atomic E-state index is 0.150. The van der Waals surface area contributed by atoms with Gasteiger partial charge in [-0.15, -0.1) is 0 Å². The van der Waals surface area contributed by atoms with E-state index in [1.54, 1.807) is 0 Å². The Morgan fingerprint density at radius 1 is 1.33 bits per heavy atom. The molecule has 21 heavy (non-hydrogen) atoms. The number of ether oxygens (including phenoxy) is 1. The molecule has 0 aliphatic carbocycles. The van der Waals surface area contributed by atoms with Crippen LogP contribution in [0, 0.1) is 0 Å². The number of rotatable bonds is 3. The Bertz CT molecular complexity index is 506. The Labute approximate surface area is 125 Å². The normalized spacial score (nSPS) is 27.5. The fraction of sp³-hybridized carbons (Fsp3) is 0.562. The maximum atomic E-state index is 12.0. The average Bonchev–Trinajstić information content (AvgIpc) is 2.73. The number of hydrogen-bond donors (Lipinski definition) is 2. The number of anilines is 2. The lowest BCUT2D eigenvalue weighted by Crippen LogP contribution is -2.49. The molecule has 2 heterocycles. The first-order valence-corrected chi connectivity index (χ1v) is 7.75. The smallest absolute Gasteiger partial charge is 0.410 e. The van der Waals surface area contributed by atoms with Crippen molar-refractivity contribution in [2.75, 3.05) is 17.7 Å². The summed E-state index contributed by atoms with van der Waals surface area (Å²) in [6.45, 7) is 2.29. The molecule has 3 rings (SSSR count). The summed E-state index contributed by atoms with van der Waals surface area (Å²) < 4.78 is 5.18. The second kappa shape index (κ2) is 5.84. The molecule has 5 nitrogen and oxygen atoms in total. The number of nitrogens with one attached hydrogen (secondary N) is 1. The van der Waals surface area contributed by atoms with E-state index >= 15 is 0 Å². The number of benzene rings is 1. The summed E-state index contributed by atoms with van der Waals surface area (Å²) in [5.41, 5.74) is 7.76. The van der Waals surface area contributed by atoms with Crippen molar-refractivity contribution >= 4 is 17.5 Å². The van der Waals surface area contributed by atoms with Gasteiger partial charge in [-0.1, -0.05) is 12.1 Å². The highest BCUT2D eigenvalue weighted by Gasteiger charge is 2.44. The number of piperidine rings is 1. The van der Waals surface area contributed by atoms with Crippen molar-refractivity contribution in [3.8, 4) is 0 Å². The molecule has 2 aliphatic heterocycles. The molecular weight excluding hydrogens is 266 g/mol. The zero-order valence-corrected chi connectivity index (χ0v) is 12.4. The van der Waals surface area contributed by atoms with Crippen LogP contribution in [0.4, 0.5) is 16.2 Å². The van der Waals surface area contributed by atoms with Gasteiger partial charge >= 0.3 is 6.09 Å². The summed E-state index contributed by atoms with van der Waals surface area (Å²) in [5.74, 6) is 0. The number of hydrogen-bond acceptors (Lipinski definition) is 4. The molecule has 0 unspecified atom stereocenters. The first-order chi connectivity index (χ1) is 10.2. The van der Waals surface area contributed by atoms with Gasteiger partial charge in [-0.3, -0.25) is 0 Å². The number of amides is 1. The molecule has 1 aromatic carbocycles. The van der Waals surface area contributed by atoms with Gasteiger partial charge in [0.2, 0.25) is 0 Å². The Hall–Kier alpha value is -1.91. The van der Waals surface area contributed by atoms with Gasteiger partial charge in [0, 0.05) is 18.1 Å². The monoisotopic (exact) mass is 289 g/mol. The lowest BCUT2D eigenvalue weighted by molar-refractivity contribution is 0.0711. The van der Waals surface area contributed by atoms with Crippen LogP contribution in [0.25, 0.3) is 0 Å². The third-order valence-electron chi connectivity index (χ3n) is 4.53. The highest BCUT2D eigenvalue weighted by molar-refractivity contribution is 5.69. The van der Waals surface area contributed by atoms with Crippen LogP contribution in [0.2, 0.25) is 0 Å². The molecule has 2 aliphatic rings. The van der Waals surface area contributed by atoms with Gasteiger partial charge in [0.05, 0.1) is 18.0 Å². The number of nitrogens with zero attached hydrogens (tertiary/aromatic N) is 1. The SMILES string of the molecule is CCOC(=O)N1[C@@H]2CC[C@H]1C[C@H](Nc1ccccc1N)C2. The Balaban J connectivity index is 1.66. The van der Waals surface area contributed by atoms with Crippen LogP contribution in [-0.2, 0) is 4.74 Å². The quantitative estimate of drug-likeness (QED) is 0.840. The second-order valence-electron chi connectivity index (χ2n) is 5.89. The molecule has 1 aromatic rings. The Morgan fingerprint density at radius 2 is 2.00 bits per heavy atom. The fourth-order valence-corrected chi connectivity index (χ4v) is 3.64. The highest BCUT2D eigenvalue weighted by Crippen LogP contribution is 2.37. The molecule has 5 heteroatoms. The number of carbonyl (C=O) groups is 1. The molecule has 0 radical (unpaired) electrons. The number of fused-ring (bicyclic) bond motifs is 2.